The molecule has 102 valence electrons. The Kier molecular flexibility index (Phi) is 4.15. The lowest BCUT2D eigenvalue weighted by molar-refractivity contribution is 0.0508. The van der Waals surface area contributed by atoms with Gasteiger partial charge in [-0.2, -0.15) is 0 Å². The normalized spacial score (nSPS) is 30.7. The van der Waals surface area contributed by atoms with E-state index in [1.165, 1.54) is 36.1 Å². The Balaban J connectivity index is 2.33. The first kappa shape index (κ1) is 14.0. The Bertz CT molecular complexity index is 399. The lowest BCUT2D eigenvalue weighted by Crippen LogP contribution is -2.54. The molecule has 2 nitrogen and oxygen atoms in total. The molecule has 1 fully saturated rings. The minimum Gasteiger partial charge on any atom is -0.322 e. The average molecular weight is 266 g/mol. The van der Waals surface area contributed by atoms with Gasteiger partial charge in [-0.15, -0.1) is 11.3 Å². The lowest BCUT2D eigenvalue weighted by Gasteiger charge is -2.49. The quantitative estimate of drug-likeness (QED) is 0.906. The first-order valence-corrected chi connectivity index (χ1v) is 7.82. The van der Waals surface area contributed by atoms with Gasteiger partial charge in [0.15, 0.2) is 0 Å². The van der Waals surface area contributed by atoms with Crippen molar-refractivity contribution in [3.05, 3.63) is 21.9 Å². The van der Waals surface area contributed by atoms with Gasteiger partial charge in [0.25, 0.3) is 0 Å². The maximum Gasteiger partial charge on any atom is 0.0579 e. The van der Waals surface area contributed by atoms with Crippen molar-refractivity contribution in [3.8, 4) is 0 Å². The van der Waals surface area contributed by atoms with Gasteiger partial charge in [0, 0.05) is 10.4 Å². The first-order valence-electron chi connectivity index (χ1n) is 6.94. The number of rotatable bonds is 3. The van der Waals surface area contributed by atoms with Gasteiger partial charge < -0.3 is 10.6 Å². The summed E-state index contributed by atoms with van der Waals surface area (Å²) in [6, 6.07) is 2.34. The van der Waals surface area contributed by atoms with Crippen LogP contribution in [0.4, 0.5) is 0 Å². The highest BCUT2D eigenvalue weighted by Crippen LogP contribution is 2.44. The Morgan fingerprint density at radius 3 is 2.72 bits per heavy atom. The van der Waals surface area contributed by atoms with E-state index in [0.29, 0.717) is 0 Å². The van der Waals surface area contributed by atoms with E-state index in [-0.39, 0.29) is 11.6 Å². The van der Waals surface area contributed by atoms with E-state index >= 15 is 0 Å². The molecule has 0 spiro atoms. The molecule has 1 aliphatic rings. The van der Waals surface area contributed by atoms with Gasteiger partial charge in [-0.3, -0.25) is 0 Å². The molecule has 2 rings (SSSR count). The van der Waals surface area contributed by atoms with Crippen LogP contribution in [0.2, 0.25) is 0 Å². The number of thiophene rings is 1. The predicted octanol–water partition coefficient (Wildman–Crippen LogP) is 3.57. The number of hydrogen-bond donors (Lipinski definition) is 1. The predicted molar refractivity (Wildman–Crippen MR) is 80.0 cm³/mol. The van der Waals surface area contributed by atoms with E-state index < -0.39 is 0 Å². The molecular weight excluding hydrogens is 240 g/mol. The van der Waals surface area contributed by atoms with E-state index in [0.717, 1.165) is 5.92 Å². The van der Waals surface area contributed by atoms with Crippen molar-refractivity contribution in [1.29, 1.82) is 0 Å². The summed E-state index contributed by atoms with van der Waals surface area (Å²) >= 11 is 1.82. The van der Waals surface area contributed by atoms with Crippen molar-refractivity contribution in [1.82, 2.24) is 4.90 Å². The molecule has 2 N–H and O–H groups in total. The van der Waals surface area contributed by atoms with Crippen LogP contribution < -0.4 is 5.73 Å². The molecule has 1 aromatic rings. The molecule has 0 saturated heterocycles. The summed E-state index contributed by atoms with van der Waals surface area (Å²) in [5, 5.41) is 2.17. The van der Waals surface area contributed by atoms with Gasteiger partial charge >= 0.3 is 0 Å². The second-order valence-corrected chi connectivity index (χ2v) is 7.09. The van der Waals surface area contributed by atoms with Crippen molar-refractivity contribution >= 4 is 11.3 Å². The molecule has 3 atom stereocenters. The van der Waals surface area contributed by atoms with Crippen molar-refractivity contribution < 1.29 is 0 Å². The second kappa shape index (κ2) is 5.32. The summed E-state index contributed by atoms with van der Waals surface area (Å²) in [5.74, 6) is 0.785. The van der Waals surface area contributed by atoms with Crippen LogP contribution in [0.25, 0.3) is 0 Å². The van der Waals surface area contributed by atoms with E-state index in [4.69, 9.17) is 5.73 Å². The second-order valence-electron chi connectivity index (χ2n) is 6.15. The lowest BCUT2D eigenvalue weighted by atomic mass is 9.71. The van der Waals surface area contributed by atoms with Crippen LogP contribution in [0.5, 0.6) is 0 Å². The minimum absolute atomic E-state index is 0.146. The smallest absolute Gasteiger partial charge is 0.0579 e. The van der Waals surface area contributed by atoms with Gasteiger partial charge in [-0.05, 0) is 56.8 Å². The maximum atomic E-state index is 6.68. The van der Waals surface area contributed by atoms with E-state index in [9.17, 15) is 0 Å². The zero-order valence-electron chi connectivity index (χ0n) is 12.1. The molecule has 1 aliphatic carbocycles. The fourth-order valence-corrected chi connectivity index (χ4v) is 4.52. The number of likely N-dealkylation sites (N-methyl/N-ethyl adjacent to an activating group) is 1. The van der Waals surface area contributed by atoms with E-state index in [2.05, 4.69) is 44.3 Å². The fourth-order valence-electron chi connectivity index (χ4n) is 3.48. The monoisotopic (exact) mass is 266 g/mol. The highest BCUT2D eigenvalue weighted by molar-refractivity contribution is 7.10. The van der Waals surface area contributed by atoms with Crippen LogP contribution in [0.15, 0.2) is 11.4 Å². The summed E-state index contributed by atoms with van der Waals surface area (Å²) in [5.41, 5.74) is 8.18. The van der Waals surface area contributed by atoms with Crippen molar-refractivity contribution in [3.63, 3.8) is 0 Å². The minimum atomic E-state index is 0.146. The van der Waals surface area contributed by atoms with Crippen molar-refractivity contribution in [2.45, 2.75) is 51.1 Å². The summed E-state index contributed by atoms with van der Waals surface area (Å²) < 4.78 is 0. The van der Waals surface area contributed by atoms with Crippen LogP contribution in [0.3, 0.4) is 0 Å². The maximum absolute atomic E-state index is 6.68. The number of nitrogens with zero attached hydrogens (tertiary/aromatic N) is 1. The third-order valence-electron chi connectivity index (χ3n) is 4.66. The highest BCUT2D eigenvalue weighted by Gasteiger charge is 2.43. The molecule has 1 heterocycles. The molecule has 3 heteroatoms. The summed E-state index contributed by atoms with van der Waals surface area (Å²) in [6.07, 6.45) is 5.10. The molecule has 0 bridgehead atoms. The number of nitrogens with two attached hydrogens (primary N) is 1. The van der Waals surface area contributed by atoms with Gasteiger partial charge in [-0.25, -0.2) is 0 Å². The summed E-state index contributed by atoms with van der Waals surface area (Å²) in [6.45, 7) is 4.55. The van der Waals surface area contributed by atoms with Gasteiger partial charge in [0.05, 0.1) is 6.04 Å². The molecular formula is C15H26N2S. The highest BCUT2D eigenvalue weighted by atomic mass is 32.1. The fraction of sp³-hybridized carbons (Fsp3) is 0.733. The summed E-state index contributed by atoms with van der Waals surface area (Å²) in [4.78, 5) is 3.75. The SMILES string of the molecule is Cc1ccsc1C(N)C1(N(C)C)CCCC(C)C1. The average Bonchev–Trinajstić information content (AvgIpc) is 2.74. The van der Waals surface area contributed by atoms with E-state index in [1.54, 1.807) is 0 Å². The molecule has 0 amide bonds. The molecule has 18 heavy (non-hydrogen) atoms. The molecule has 1 aromatic heterocycles. The molecule has 0 radical (unpaired) electrons. The van der Waals surface area contributed by atoms with E-state index in [1.807, 2.05) is 11.3 Å². The van der Waals surface area contributed by atoms with Crippen LogP contribution in [0, 0.1) is 12.8 Å². The van der Waals surface area contributed by atoms with Gasteiger partial charge in [0.1, 0.15) is 0 Å². The zero-order chi connectivity index (χ0) is 13.3. The van der Waals surface area contributed by atoms with Crippen LogP contribution in [-0.4, -0.2) is 24.5 Å². The Morgan fingerprint density at radius 1 is 1.50 bits per heavy atom. The Hall–Kier alpha value is -0.380. The Labute approximate surface area is 115 Å². The van der Waals surface area contributed by atoms with Crippen LogP contribution in [0.1, 0.15) is 49.1 Å². The summed E-state index contributed by atoms with van der Waals surface area (Å²) in [7, 11) is 4.39. The van der Waals surface area contributed by atoms with Crippen molar-refractivity contribution in [2.75, 3.05) is 14.1 Å². The standard InChI is InChI=1S/C15H26N2S/c1-11-6-5-8-15(10-11,17(3)4)14(16)13-12(2)7-9-18-13/h7,9,11,14H,5-6,8,10,16H2,1-4H3. The largest absolute Gasteiger partial charge is 0.322 e. The molecule has 0 aromatic carbocycles. The van der Waals surface area contributed by atoms with Crippen LogP contribution >= 0.6 is 11.3 Å². The number of hydrogen-bond acceptors (Lipinski definition) is 3. The topological polar surface area (TPSA) is 29.3 Å². The Morgan fingerprint density at radius 2 is 2.22 bits per heavy atom. The number of aryl methyl sites for hydroxylation is 1. The van der Waals surface area contributed by atoms with Crippen molar-refractivity contribution in [2.24, 2.45) is 11.7 Å². The van der Waals surface area contributed by atoms with Crippen LogP contribution in [-0.2, 0) is 0 Å². The molecule has 3 unspecified atom stereocenters. The first-order chi connectivity index (χ1) is 8.47. The zero-order valence-corrected chi connectivity index (χ0v) is 12.9. The molecule has 0 aliphatic heterocycles. The van der Waals surface area contributed by atoms with Gasteiger partial charge in [-0.1, -0.05) is 19.8 Å². The third kappa shape index (κ3) is 2.36. The third-order valence-corrected chi connectivity index (χ3v) is 5.76. The van der Waals surface area contributed by atoms with Gasteiger partial charge in [0.2, 0.25) is 0 Å². The molecule has 1 saturated carbocycles.